The largest absolute Gasteiger partial charge is 0.263 e. The van der Waals surface area contributed by atoms with Crippen molar-refractivity contribution in [2.24, 2.45) is 0 Å². The van der Waals surface area contributed by atoms with Gasteiger partial charge in [0.2, 0.25) is 0 Å². The third kappa shape index (κ3) is 1.84. The van der Waals surface area contributed by atoms with Crippen molar-refractivity contribution in [2.45, 2.75) is 46.0 Å². The molecule has 68 valence electrons. The molecule has 1 heterocycles. The van der Waals surface area contributed by atoms with E-state index in [1.165, 1.54) is 0 Å². The van der Waals surface area contributed by atoms with E-state index in [0.29, 0.717) is 11.8 Å². The molecule has 0 aromatic carbocycles. The van der Waals surface area contributed by atoms with Gasteiger partial charge < -0.3 is 0 Å². The Morgan fingerprint density at radius 2 is 2.00 bits per heavy atom. The van der Waals surface area contributed by atoms with Crippen LogP contribution in [-0.2, 0) is 0 Å². The van der Waals surface area contributed by atoms with Gasteiger partial charge in [0, 0.05) is 11.8 Å². The molecule has 0 radical (unpaired) electrons. The first-order valence-corrected chi connectivity index (χ1v) is 4.57. The smallest absolute Gasteiger partial charge is 0.153 e. The molecule has 0 saturated heterocycles. The number of aromatic amines is 1. The number of nitrogens with zero attached hydrogens (tertiary/aromatic N) is 2. The average Bonchev–Trinajstić information content (AvgIpc) is 2.51. The minimum absolute atomic E-state index is 0.416. The summed E-state index contributed by atoms with van der Waals surface area (Å²) in [5.41, 5.74) is 0. The molecule has 3 nitrogen and oxygen atoms in total. The van der Waals surface area contributed by atoms with Crippen LogP contribution in [0.1, 0.15) is 57.6 Å². The van der Waals surface area contributed by atoms with E-state index in [2.05, 4.69) is 42.9 Å². The molecule has 0 aliphatic carbocycles. The van der Waals surface area contributed by atoms with Gasteiger partial charge in [-0.2, -0.15) is 5.10 Å². The zero-order valence-electron chi connectivity index (χ0n) is 8.26. The molecule has 1 aromatic heterocycles. The molecule has 0 aliphatic heterocycles. The van der Waals surface area contributed by atoms with Crippen molar-refractivity contribution in [1.29, 1.82) is 0 Å². The molecule has 1 aromatic rings. The van der Waals surface area contributed by atoms with E-state index < -0.39 is 0 Å². The van der Waals surface area contributed by atoms with Crippen LogP contribution in [-0.4, -0.2) is 15.2 Å². The van der Waals surface area contributed by atoms with Crippen LogP contribution in [0, 0.1) is 0 Å². The summed E-state index contributed by atoms with van der Waals surface area (Å²) >= 11 is 0. The van der Waals surface area contributed by atoms with Gasteiger partial charge >= 0.3 is 0 Å². The van der Waals surface area contributed by atoms with Crippen molar-refractivity contribution in [2.75, 3.05) is 0 Å². The van der Waals surface area contributed by atoms with Crippen LogP contribution in [0.2, 0.25) is 0 Å². The monoisotopic (exact) mass is 167 g/mol. The predicted octanol–water partition coefficient (Wildman–Crippen LogP) is 2.44. The van der Waals surface area contributed by atoms with E-state index in [4.69, 9.17) is 0 Å². The van der Waals surface area contributed by atoms with Gasteiger partial charge in [0.25, 0.3) is 0 Å². The molecule has 3 heteroatoms. The summed E-state index contributed by atoms with van der Waals surface area (Å²) in [6.45, 7) is 8.51. The number of H-pyrrole nitrogens is 1. The third-order valence-corrected chi connectivity index (χ3v) is 2.12. The normalized spacial score (nSPS) is 13.8. The van der Waals surface area contributed by atoms with Gasteiger partial charge in [-0.25, -0.2) is 4.98 Å². The van der Waals surface area contributed by atoms with E-state index >= 15 is 0 Å². The van der Waals surface area contributed by atoms with Crippen LogP contribution in [0.25, 0.3) is 0 Å². The summed E-state index contributed by atoms with van der Waals surface area (Å²) in [5, 5.41) is 7.13. The summed E-state index contributed by atoms with van der Waals surface area (Å²) in [6.07, 6.45) is 1.10. The molecule has 0 spiro atoms. The Hall–Kier alpha value is -0.860. The van der Waals surface area contributed by atoms with E-state index in [9.17, 15) is 0 Å². The zero-order chi connectivity index (χ0) is 9.14. The number of rotatable bonds is 3. The molecule has 1 N–H and O–H groups in total. The Morgan fingerprint density at radius 3 is 2.42 bits per heavy atom. The Labute approximate surface area is 73.6 Å². The summed E-state index contributed by atoms with van der Waals surface area (Å²) in [7, 11) is 0. The number of aromatic nitrogens is 3. The SMILES string of the molecule is CCC(C)c1nc(C(C)C)n[nH]1. The standard InChI is InChI=1S/C9H17N3/c1-5-7(4)9-10-8(6(2)3)11-12-9/h6-7H,5H2,1-4H3,(H,10,11,12). The lowest BCUT2D eigenvalue weighted by molar-refractivity contribution is 0.681. The second-order valence-corrected chi connectivity index (χ2v) is 3.54. The highest BCUT2D eigenvalue weighted by atomic mass is 15.2. The van der Waals surface area contributed by atoms with Crippen molar-refractivity contribution in [3.63, 3.8) is 0 Å². The number of hydrogen-bond donors (Lipinski definition) is 1. The highest BCUT2D eigenvalue weighted by molar-refractivity contribution is 4.98. The molecule has 0 amide bonds. The zero-order valence-corrected chi connectivity index (χ0v) is 8.26. The van der Waals surface area contributed by atoms with Gasteiger partial charge in [-0.05, 0) is 6.42 Å². The number of nitrogens with one attached hydrogen (secondary N) is 1. The molecule has 1 atom stereocenters. The fraction of sp³-hybridized carbons (Fsp3) is 0.778. The van der Waals surface area contributed by atoms with Crippen LogP contribution in [0.4, 0.5) is 0 Å². The van der Waals surface area contributed by atoms with Crippen LogP contribution in [0.15, 0.2) is 0 Å². The molecular formula is C9H17N3. The Kier molecular flexibility index (Phi) is 2.84. The molecule has 0 bridgehead atoms. The summed E-state index contributed by atoms with van der Waals surface area (Å²) < 4.78 is 0. The first-order chi connectivity index (χ1) is 5.65. The lowest BCUT2D eigenvalue weighted by Gasteiger charge is -2.01. The first kappa shape index (κ1) is 9.23. The maximum absolute atomic E-state index is 4.41. The highest BCUT2D eigenvalue weighted by Crippen LogP contribution is 2.16. The maximum Gasteiger partial charge on any atom is 0.153 e. The summed E-state index contributed by atoms with van der Waals surface area (Å²) in [4.78, 5) is 4.41. The van der Waals surface area contributed by atoms with Crippen LogP contribution < -0.4 is 0 Å². The second kappa shape index (κ2) is 3.70. The van der Waals surface area contributed by atoms with E-state index in [-0.39, 0.29) is 0 Å². The van der Waals surface area contributed by atoms with Gasteiger partial charge in [0.1, 0.15) is 5.82 Å². The molecule has 1 rings (SSSR count). The number of hydrogen-bond acceptors (Lipinski definition) is 2. The van der Waals surface area contributed by atoms with Crippen LogP contribution in [0.5, 0.6) is 0 Å². The van der Waals surface area contributed by atoms with Crippen molar-refractivity contribution < 1.29 is 0 Å². The molecule has 0 saturated carbocycles. The summed E-state index contributed by atoms with van der Waals surface area (Å²) in [6, 6.07) is 0. The van der Waals surface area contributed by atoms with Gasteiger partial charge in [0.15, 0.2) is 5.82 Å². The van der Waals surface area contributed by atoms with E-state index in [1.807, 2.05) is 0 Å². The van der Waals surface area contributed by atoms with Crippen molar-refractivity contribution in [1.82, 2.24) is 15.2 Å². The predicted molar refractivity (Wildman–Crippen MR) is 49.2 cm³/mol. The van der Waals surface area contributed by atoms with Crippen LogP contribution in [0.3, 0.4) is 0 Å². The van der Waals surface area contributed by atoms with Gasteiger partial charge in [-0.1, -0.05) is 27.7 Å². The Balaban J connectivity index is 2.77. The fourth-order valence-corrected chi connectivity index (χ4v) is 0.960. The quantitative estimate of drug-likeness (QED) is 0.751. The van der Waals surface area contributed by atoms with Gasteiger partial charge in [-0.3, -0.25) is 5.10 Å². The topological polar surface area (TPSA) is 41.6 Å². The van der Waals surface area contributed by atoms with E-state index in [1.54, 1.807) is 0 Å². The molecule has 0 aliphatic rings. The van der Waals surface area contributed by atoms with Gasteiger partial charge in [-0.15, -0.1) is 0 Å². The van der Waals surface area contributed by atoms with Gasteiger partial charge in [0.05, 0.1) is 0 Å². The minimum atomic E-state index is 0.416. The fourth-order valence-electron chi connectivity index (χ4n) is 0.960. The lowest BCUT2D eigenvalue weighted by atomic mass is 10.1. The van der Waals surface area contributed by atoms with Crippen molar-refractivity contribution >= 4 is 0 Å². The minimum Gasteiger partial charge on any atom is -0.263 e. The molecular weight excluding hydrogens is 150 g/mol. The molecule has 0 fully saturated rings. The second-order valence-electron chi connectivity index (χ2n) is 3.54. The van der Waals surface area contributed by atoms with Crippen molar-refractivity contribution in [3.05, 3.63) is 11.6 Å². The lowest BCUT2D eigenvalue weighted by Crippen LogP contribution is -1.94. The summed E-state index contributed by atoms with van der Waals surface area (Å²) in [5.74, 6) is 2.84. The third-order valence-electron chi connectivity index (χ3n) is 2.12. The molecule has 1 unspecified atom stereocenters. The molecule has 12 heavy (non-hydrogen) atoms. The average molecular weight is 167 g/mol. The maximum atomic E-state index is 4.41. The van der Waals surface area contributed by atoms with Crippen LogP contribution >= 0.6 is 0 Å². The first-order valence-electron chi connectivity index (χ1n) is 4.57. The van der Waals surface area contributed by atoms with Crippen molar-refractivity contribution in [3.8, 4) is 0 Å². The Bertz CT molecular complexity index is 240. The Morgan fingerprint density at radius 1 is 1.33 bits per heavy atom. The highest BCUT2D eigenvalue weighted by Gasteiger charge is 2.10. The van der Waals surface area contributed by atoms with E-state index in [0.717, 1.165) is 18.1 Å².